The second kappa shape index (κ2) is 13.7. The van der Waals surface area contributed by atoms with E-state index in [1.807, 2.05) is 43.3 Å². The molecule has 2 saturated carbocycles. The summed E-state index contributed by atoms with van der Waals surface area (Å²) >= 11 is 0. The highest BCUT2D eigenvalue weighted by atomic mass is 19.1. The Hall–Kier alpha value is -4.19. The summed E-state index contributed by atoms with van der Waals surface area (Å²) in [6.45, 7) is 2.79. The van der Waals surface area contributed by atoms with Crippen molar-refractivity contribution in [1.82, 2.24) is 34.1 Å². The lowest BCUT2D eigenvalue weighted by molar-refractivity contribution is -0.128. The Morgan fingerprint density at radius 2 is 1.65 bits per heavy atom. The van der Waals surface area contributed by atoms with Crippen molar-refractivity contribution < 1.29 is 9.18 Å². The van der Waals surface area contributed by atoms with Crippen molar-refractivity contribution in [3.8, 4) is 16.8 Å². The molecule has 10 nitrogen and oxygen atoms in total. The normalized spacial score (nSPS) is 18.9. The third-order valence-corrected chi connectivity index (χ3v) is 10.1. The molecule has 2 aliphatic carbocycles. The fraction of sp³-hybridized carbons (Fsp3) is 0.459. The van der Waals surface area contributed by atoms with Gasteiger partial charge in [-0.2, -0.15) is 0 Å². The van der Waals surface area contributed by atoms with Gasteiger partial charge in [-0.3, -0.25) is 19.1 Å². The molecule has 0 aliphatic heterocycles. The smallest absolute Gasteiger partial charge is 0.337 e. The van der Waals surface area contributed by atoms with Crippen molar-refractivity contribution in [2.45, 2.75) is 62.7 Å². The fourth-order valence-electron chi connectivity index (χ4n) is 6.92. The van der Waals surface area contributed by atoms with Crippen LogP contribution in [0.5, 0.6) is 0 Å². The molecule has 0 atom stereocenters. The van der Waals surface area contributed by atoms with E-state index >= 15 is 0 Å². The van der Waals surface area contributed by atoms with E-state index in [9.17, 15) is 18.8 Å². The Kier molecular flexibility index (Phi) is 9.64. The van der Waals surface area contributed by atoms with Crippen molar-refractivity contribution in [3.63, 3.8) is 0 Å². The lowest BCUT2D eigenvalue weighted by Crippen LogP contribution is -2.50. The fourth-order valence-corrected chi connectivity index (χ4v) is 6.92. The number of carbonyl (C=O) groups excluding carboxylic acids is 1. The number of likely N-dealkylation sites (N-methyl/N-ethyl adjacent to an activating group) is 3. The maximum atomic E-state index is 14.5. The Balaban J connectivity index is 1.28. The van der Waals surface area contributed by atoms with Gasteiger partial charge in [-0.1, -0.05) is 36.4 Å². The highest BCUT2D eigenvalue weighted by Crippen LogP contribution is 2.40. The zero-order valence-electron chi connectivity index (χ0n) is 28.6. The average molecular weight is 656 g/mol. The van der Waals surface area contributed by atoms with Gasteiger partial charge in [0, 0.05) is 31.7 Å². The van der Waals surface area contributed by atoms with Gasteiger partial charge in [-0.05, 0) is 109 Å². The van der Waals surface area contributed by atoms with Crippen LogP contribution in [0.1, 0.15) is 50.1 Å². The number of fused-ring (bicyclic) bond motifs is 1. The number of amides is 1. The molecule has 2 fully saturated rings. The number of benzene rings is 2. The lowest BCUT2D eigenvalue weighted by Gasteiger charge is -2.32. The van der Waals surface area contributed by atoms with E-state index in [-0.39, 0.29) is 29.0 Å². The maximum Gasteiger partial charge on any atom is 0.337 e. The van der Waals surface area contributed by atoms with Gasteiger partial charge in [0.15, 0.2) is 5.65 Å². The van der Waals surface area contributed by atoms with Crippen LogP contribution in [0.2, 0.25) is 0 Å². The quantitative estimate of drug-likeness (QED) is 0.261. The maximum absolute atomic E-state index is 14.5. The first-order chi connectivity index (χ1) is 23.0. The van der Waals surface area contributed by atoms with E-state index in [4.69, 9.17) is 0 Å². The SMILES string of the molecule is CN(C)CCN(C)Cc1ccc(-c2cccc(-n3c(=O)n([C@H]4CC[C@@H](NC(=O)C5(N(C)C)CC5)CC4)c(=O)c4cc(F)cnc43)c2)cc1. The van der Waals surface area contributed by atoms with Crippen molar-refractivity contribution in [3.05, 3.63) is 93.0 Å². The van der Waals surface area contributed by atoms with Crippen LogP contribution in [0, 0.1) is 5.82 Å². The minimum absolute atomic E-state index is 0.0230. The molecule has 2 aliphatic rings. The summed E-state index contributed by atoms with van der Waals surface area (Å²) in [6, 6.07) is 16.7. The zero-order valence-corrected chi connectivity index (χ0v) is 28.6. The number of hydrogen-bond donors (Lipinski definition) is 1. The minimum Gasteiger partial charge on any atom is -0.352 e. The van der Waals surface area contributed by atoms with E-state index in [1.54, 1.807) is 0 Å². The van der Waals surface area contributed by atoms with Gasteiger partial charge in [-0.25, -0.2) is 18.7 Å². The predicted octanol–water partition coefficient (Wildman–Crippen LogP) is 4.04. The van der Waals surface area contributed by atoms with Gasteiger partial charge in [0.2, 0.25) is 5.91 Å². The van der Waals surface area contributed by atoms with Gasteiger partial charge in [0.1, 0.15) is 5.82 Å². The van der Waals surface area contributed by atoms with Gasteiger partial charge in [-0.15, -0.1) is 0 Å². The minimum atomic E-state index is -0.640. The lowest BCUT2D eigenvalue weighted by atomic mass is 9.90. The first kappa shape index (κ1) is 33.7. The van der Waals surface area contributed by atoms with Crippen molar-refractivity contribution in [2.24, 2.45) is 0 Å². The molecule has 48 heavy (non-hydrogen) atoms. The molecule has 254 valence electrons. The number of halogens is 1. The topological polar surface area (TPSA) is 95.7 Å². The molecule has 0 spiro atoms. The summed E-state index contributed by atoms with van der Waals surface area (Å²) in [5.74, 6) is -0.594. The summed E-state index contributed by atoms with van der Waals surface area (Å²) in [5.41, 5.74) is 2.30. The molecular weight excluding hydrogens is 609 g/mol. The molecule has 6 rings (SSSR count). The molecule has 1 amide bonds. The monoisotopic (exact) mass is 655 g/mol. The number of carbonyl (C=O) groups is 1. The highest BCUT2D eigenvalue weighted by molar-refractivity contribution is 5.89. The third-order valence-electron chi connectivity index (χ3n) is 10.1. The van der Waals surface area contributed by atoms with Crippen molar-refractivity contribution in [1.29, 1.82) is 0 Å². The van der Waals surface area contributed by atoms with Gasteiger partial charge in [0.25, 0.3) is 5.56 Å². The van der Waals surface area contributed by atoms with Crippen LogP contribution in [0.4, 0.5) is 4.39 Å². The van der Waals surface area contributed by atoms with Gasteiger partial charge in [0.05, 0.1) is 22.8 Å². The molecule has 2 aromatic carbocycles. The van der Waals surface area contributed by atoms with Crippen LogP contribution in [-0.2, 0) is 11.3 Å². The Morgan fingerprint density at radius 3 is 2.29 bits per heavy atom. The van der Waals surface area contributed by atoms with Gasteiger partial charge >= 0.3 is 5.69 Å². The number of nitrogens with zero attached hydrogens (tertiary/aromatic N) is 6. The van der Waals surface area contributed by atoms with Crippen LogP contribution in [-0.4, -0.2) is 94.6 Å². The van der Waals surface area contributed by atoms with Crippen LogP contribution < -0.4 is 16.6 Å². The Bertz CT molecular complexity index is 1910. The Morgan fingerprint density at radius 1 is 0.938 bits per heavy atom. The molecule has 0 bridgehead atoms. The van der Waals surface area contributed by atoms with E-state index in [1.165, 1.54) is 14.7 Å². The largest absolute Gasteiger partial charge is 0.352 e. The zero-order chi connectivity index (χ0) is 34.2. The first-order valence-electron chi connectivity index (χ1n) is 16.8. The second-order valence-electron chi connectivity index (χ2n) is 14.0. The van der Waals surface area contributed by atoms with Crippen molar-refractivity contribution in [2.75, 3.05) is 48.3 Å². The molecule has 4 aromatic rings. The Labute approximate surface area is 280 Å². The molecule has 11 heteroatoms. The summed E-state index contributed by atoms with van der Waals surface area (Å²) < 4.78 is 17.2. The highest BCUT2D eigenvalue weighted by Gasteiger charge is 2.52. The number of hydrogen-bond acceptors (Lipinski definition) is 7. The first-order valence-corrected chi connectivity index (χ1v) is 16.8. The summed E-state index contributed by atoms with van der Waals surface area (Å²) in [6.07, 6.45) is 5.09. The van der Waals surface area contributed by atoms with E-state index < -0.39 is 22.6 Å². The third kappa shape index (κ3) is 6.85. The molecule has 0 saturated heterocycles. The standard InChI is InChI=1S/C37H46FN7O3/c1-41(2)19-20-43(5)24-25-9-11-26(12-10-25)27-7-6-8-31(21-27)44-33-32(22-28(38)23-39-33)34(46)45(36(44)48)30-15-13-29(14-16-30)40-35(47)37(17-18-37)42(3)4/h6-12,21-23,29-30H,13-20,24H2,1-5H3,(H,40,47)/t29-,30+. The molecule has 1 N–H and O–H groups in total. The molecule has 0 unspecified atom stereocenters. The average Bonchev–Trinajstić information content (AvgIpc) is 3.88. The summed E-state index contributed by atoms with van der Waals surface area (Å²) in [5, 5.41) is 3.26. The molecular formula is C37H46FN7O3. The van der Waals surface area contributed by atoms with E-state index in [0.29, 0.717) is 31.4 Å². The number of rotatable bonds is 11. The second-order valence-corrected chi connectivity index (χ2v) is 14.0. The van der Waals surface area contributed by atoms with Crippen LogP contribution >= 0.6 is 0 Å². The summed E-state index contributed by atoms with van der Waals surface area (Å²) in [4.78, 5) is 51.7. The molecule has 2 heterocycles. The summed E-state index contributed by atoms with van der Waals surface area (Å²) in [7, 11) is 10.1. The van der Waals surface area contributed by atoms with Crippen LogP contribution in [0.25, 0.3) is 27.8 Å². The molecule has 2 aromatic heterocycles. The number of nitrogens with one attached hydrogen (secondary N) is 1. The number of pyridine rings is 1. The van der Waals surface area contributed by atoms with Crippen LogP contribution in [0.15, 0.2) is 70.4 Å². The van der Waals surface area contributed by atoms with E-state index in [2.05, 4.69) is 65.5 Å². The van der Waals surface area contributed by atoms with Crippen LogP contribution in [0.3, 0.4) is 0 Å². The number of aromatic nitrogens is 3. The van der Waals surface area contributed by atoms with Gasteiger partial charge < -0.3 is 15.1 Å². The molecule has 0 radical (unpaired) electrons. The van der Waals surface area contributed by atoms with E-state index in [0.717, 1.165) is 55.9 Å². The van der Waals surface area contributed by atoms with Crippen molar-refractivity contribution >= 4 is 16.9 Å². The predicted molar refractivity (Wildman–Crippen MR) is 187 cm³/mol.